The highest BCUT2D eigenvalue weighted by Crippen LogP contribution is 2.30. The average molecular weight is 332 g/mol. The van der Waals surface area contributed by atoms with Crippen molar-refractivity contribution in [2.75, 3.05) is 0 Å². The molecule has 0 aliphatic carbocycles. The molecule has 0 unspecified atom stereocenters. The largest absolute Gasteiger partial charge is 0.294 e. The summed E-state index contributed by atoms with van der Waals surface area (Å²) in [4.78, 5) is 11.9. The Morgan fingerprint density at radius 1 is 1.22 bits per heavy atom. The Morgan fingerprint density at radius 3 is 2.43 bits per heavy atom. The summed E-state index contributed by atoms with van der Waals surface area (Å²) < 4.78 is 1.84. The number of hydrogen-bond acceptors (Lipinski definition) is 5. The van der Waals surface area contributed by atoms with Gasteiger partial charge in [0.1, 0.15) is 0 Å². The van der Waals surface area contributed by atoms with E-state index in [0.717, 1.165) is 27.6 Å². The molecule has 0 amide bonds. The third-order valence-corrected chi connectivity index (χ3v) is 4.85. The second-order valence-corrected chi connectivity index (χ2v) is 7.82. The lowest BCUT2D eigenvalue weighted by molar-refractivity contribution is 0.101. The van der Waals surface area contributed by atoms with Gasteiger partial charge in [0.25, 0.3) is 0 Å². The van der Waals surface area contributed by atoms with Crippen LogP contribution >= 0.6 is 11.8 Å². The van der Waals surface area contributed by atoms with E-state index >= 15 is 0 Å². The summed E-state index contributed by atoms with van der Waals surface area (Å²) in [6.45, 7) is 14.0. The van der Waals surface area contributed by atoms with Gasteiger partial charge in [0, 0.05) is 11.3 Å². The molecule has 0 N–H and O–H groups in total. The van der Waals surface area contributed by atoms with Crippen molar-refractivity contribution >= 4 is 17.5 Å². The van der Waals surface area contributed by atoms with Crippen LogP contribution < -0.4 is 0 Å². The zero-order valence-electron chi connectivity index (χ0n) is 14.9. The minimum atomic E-state index is -0.159. The zero-order chi connectivity index (χ0) is 17.4. The minimum Gasteiger partial charge on any atom is -0.294 e. The van der Waals surface area contributed by atoms with Crippen LogP contribution in [0.4, 0.5) is 0 Å². The van der Waals surface area contributed by atoms with E-state index in [4.69, 9.17) is 0 Å². The van der Waals surface area contributed by atoms with Crippen molar-refractivity contribution in [3.63, 3.8) is 0 Å². The van der Waals surface area contributed by atoms with Crippen molar-refractivity contribution in [3.05, 3.63) is 33.9 Å². The van der Waals surface area contributed by atoms with Crippen LogP contribution in [0.3, 0.4) is 0 Å². The summed E-state index contributed by atoms with van der Waals surface area (Å²) in [5.41, 5.74) is 5.18. The van der Waals surface area contributed by atoms with Gasteiger partial charge in [-0.2, -0.15) is 0 Å². The Kier molecular flexibility index (Phi) is 4.94. The molecule has 0 aliphatic rings. The Labute approximate surface area is 141 Å². The Hall–Kier alpha value is -1.69. The molecule has 0 spiro atoms. The number of tetrazole rings is 1. The first-order valence-corrected chi connectivity index (χ1v) is 8.63. The highest BCUT2D eigenvalue weighted by molar-refractivity contribution is 7.98. The number of aryl methyl sites for hydroxylation is 2. The average Bonchev–Trinajstić information content (AvgIpc) is 2.85. The Bertz CT molecular complexity index is 744. The second-order valence-electron chi connectivity index (χ2n) is 6.88. The van der Waals surface area contributed by atoms with Crippen molar-refractivity contribution in [1.82, 2.24) is 20.2 Å². The maximum absolute atomic E-state index is 11.9. The van der Waals surface area contributed by atoms with Gasteiger partial charge < -0.3 is 0 Å². The highest BCUT2D eigenvalue weighted by atomic mass is 32.2. The maximum atomic E-state index is 11.9. The van der Waals surface area contributed by atoms with E-state index < -0.39 is 0 Å². The first kappa shape index (κ1) is 17.7. The lowest BCUT2D eigenvalue weighted by atomic mass is 9.92. The topological polar surface area (TPSA) is 60.7 Å². The smallest absolute Gasteiger partial charge is 0.210 e. The molecule has 1 heterocycles. The van der Waals surface area contributed by atoms with Crippen molar-refractivity contribution in [1.29, 1.82) is 0 Å². The Morgan fingerprint density at radius 2 is 1.87 bits per heavy atom. The molecule has 0 bridgehead atoms. The SMILES string of the molecule is CC(=O)c1c(C)cc(C)c(CSc2nnnn2C(C)(C)C)c1C. The number of carbonyl (C=O) groups excluding carboxylic acids is 1. The van der Waals surface area contributed by atoms with Crippen molar-refractivity contribution < 1.29 is 4.79 Å². The number of nitrogens with zero attached hydrogens (tertiary/aromatic N) is 4. The van der Waals surface area contributed by atoms with Crippen molar-refractivity contribution in [3.8, 4) is 0 Å². The molecule has 2 aromatic rings. The fourth-order valence-electron chi connectivity index (χ4n) is 2.82. The van der Waals surface area contributed by atoms with Gasteiger partial charge >= 0.3 is 0 Å². The molecular formula is C17H24N4OS. The fraction of sp³-hybridized carbons (Fsp3) is 0.529. The van der Waals surface area contributed by atoms with Gasteiger partial charge in [0.15, 0.2) is 5.78 Å². The second kappa shape index (κ2) is 6.43. The van der Waals surface area contributed by atoms with Gasteiger partial charge in [-0.1, -0.05) is 17.8 Å². The van der Waals surface area contributed by atoms with Gasteiger partial charge in [0.2, 0.25) is 5.16 Å². The quantitative estimate of drug-likeness (QED) is 0.629. The van der Waals surface area contributed by atoms with E-state index in [2.05, 4.69) is 49.3 Å². The van der Waals surface area contributed by atoms with E-state index in [1.807, 2.05) is 18.5 Å². The number of ketones is 1. The van der Waals surface area contributed by atoms with E-state index in [-0.39, 0.29) is 11.3 Å². The van der Waals surface area contributed by atoms with E-state index in [0.29, 0.717) is 0 Å². The number of benzene rings is 1. The van der Waals surface area contributed by atoms with Crippen LogP contribution in [-0.2, 0) is 11.3 Å². The number of aromatic nitrogens is 4. The summed E-state index contributed by atoms with van der Waals surface area (Å²) in [5.74, 6) is 0.861. The Balaban J connectivity index is 2.34. The fourth-order valence-corrected chi connectivity index (χ4v) is 4.06. The van der Waals surface area contributed by atoms with Crippen LogP contribution in [0.15, 0.2) is 11.2 Å². The van der Waals surface area contributed by atoms with Gasteiger partial charge in [0.05, 0.1) is 5.54 Å². The monoisotopic (exact) mass is 332 g/mol. The molecule has 1 aromatic heterocycles. The molecule has 23 heavy (non-hydrogen) atoms. The molecule has 0 radical (unpaired) electrons. The molecule has 0 aliphatic heterocycles. The molecule has 2 rings (SSSR count). The van der Waals surface area contributed by atoms with Gasteiger partial charge in [-0.25, -0.2) is 4.68 Å². The predicted molar refractivity (Wildman–Crippen MR) is 93.0 cm³/mol. The van der Waals surface area contributed by atoms with Crippen LogP contribution in [0.2, 0.25) is 0 Å². The third-order valence-electron chi connectivity index (χ3n) is 3.91. The zero-order valence-corrected chi connectivity index (χ0v) is 15.7. The lowest BCUT2D eigenvalue weighted by Gasteiger charge is -2.20. The minimum absolute atomic E-state index is 0.116. The summed E-state index contributed by atoms with van der Waals surface area (Å²) in [7, 11) is 0. The maximum Gasteiger partial charge on any atom is 0.210 e. The molecule has 1 aromatic carbocycles. The van der Waals surface area contributed by atoms with E-state index in [1.165, 1.54) is 11.1 Å². The molecule has 0 fully saturated rings. The summed E-state index contributed by atoms with van der Waals surface area (Å²) in [6, 6.07) is 2.09. The van der Waals surface area contributed by atoms with Gasteiger partial charge in [-0.3, -0.25) is 4.79 Å². The van der Waals surface area contributed by atoms with Crippen LogP contribution in [0.5, 0.6) is 0 Å². The van der Waals surface area contributed by atoms with Crippen LogP contribution in [0.1, 0.15) is 60.3 Å². The van der Waals surface area contributed by atoms with E-state index in [1.54, 1.807) is 18.7 Å². The number of thioether (sulfide) groups is 1. The molecule has 0 saturated carbocycles. The first-order valence-electron chi connectivity index (χ1n) is 7.65. The molecular weight excluding hydrogens is 308 g/mol. The summed E-state index contributed by atoms with van der Waals surface area (Å²) >= 11 is 1.60. The third kappa shape index (κ3) is 3.63. The molecule has 5 nitrogen and oxygen atoms in total. The number of Topliss-reactive ketones (excluding diaryl/α,β-unsaturated/α-hetero) is 1. The van der Waals surface area contributed by atoms with Crippen molar-refractivity contribution in [2.45, 2.75) is 64.9 Å². The number of rotatable bonds is 4. The molecule has 0 atom stereocenters. The highest BCUT2D eigenvalue weighted by Gasteiger charge is 2.21. The van der Waals surface area contributed by atoms with Gasteiger partial charge in [-0.15, -0.1) is 5.10 Å². The molecule has 6 heteroatoms. The van der Waals surface area contributed by atoms with Crippen molar-refractivity contribution in [2.24, 2.45) is 0 Å². The molecule has 124 valence electrons. The molecule has 0 saturated heterocycles. The van der Waals surface area contributed by atoms with Crippen LogP contribution in [0.25, 0.3) is 0 Å². The van der Waals surface area contributed by atoms with Crippen LogP contribution in [0, 0.1) is 20.8 Å². The predicted octanol–water partition coefficient (Wildman–Crippen LogP) is 3.85. The number of carbonyl (C=O) groups is 1. The summed E-state index contributed by atoms with van der Waals surface area (Å²) in [6.07, 6.45) is 0. The first-order chi connectivity index (χ1) is 10.6. The summed E-state index contributed by atoms with van der Waals surface area (Å²) in [5, 5.41) is 12.8. The van der Waals surface area contributed by atoms with E-state index in [9.17, 15) is 4.79 Å². The lowest BCUT2D eigenvalue weighted by Crippen LogP contribution is -2.24. The number of hydrogen-bond donors (Lipinski definition) is 0. The normalized spacial score (nSPS) is 11.8. The van der Waals surface area contributed by atoms with Crippen LogP contribution in [-0.4, -0.2) is 26.0 Å². The van der Waals surface area contributed by atoms with Gasteiger partial charge in [-0.05, 0) is 81.1 Å². The standard InChI is InChI=1S/C17H24N4OS/c1-10-8-11(2)15(13(4)22)12(3)14(10)9-23-16-18-19-20-21(16)17(5,6)7/h8H,9H2,1-7H3.